The first-order chi connectivity index (χ1) is 10.8. The van der Waals surface area contributed by atoms with E-state index < -0.39 is 17.7 Å². The Balaban J connectivity index is 2.39. The topological polar surface area (TPSA) is 88.5 Å². The molecular formula is C17H18N2O4. The lowest BCUT2D eigenvalue weighted by Gasteiger charge is -2.20. The van der Waals surface area contributed by atoms with Crippen LogP contribution in [0.15, 0.2) is 42.6 Å². The van der Waals surface area contributed by atoms with Crippen LogP contribution >= 0.6 is 0 Å². The summed E-state index contributed by atoms with van der Waals surface area (Å²) in [5, 5.41) is 11.7. The molecule has 120 valence electrons. The van der Waals surface area contributed by atoms with Crippen LogP contribution in [0.4, 0.5) is 10.6 Å². The summed E-state index contributed by atoms with van der Waals surface area (Å²) in [7, 11) is 0. The molecule has 6 nitrogen and oxygen atoms in total. The molecule has 2 rings (SSSR count). The number of anilines is 1. The Bertz CT molecular complexity index is 721. The number of carbonyl (C=O) groups is 2. The number of rotatable bonds is 3. The third-order valence-corrected chi connectivity index (χ3v) is 2.84. The average Bonchev–Trinajstić information content (AvgIpc) is 2.46. The minimum Gasteiger partial charge on any atom is -0.478 e. The summed E-state index contributed by atoms with van der Waals surface area (Å²) in [5.74, 6) is -0.839. The molecule has 1 aromatic heterocycles. The maximum absolute atomic E-state index is 11.9. The Morgan fingerprint density at radius 3 is 2.39 bits per heavy atom. The van der Waals surface area contributed by atoms with Crippen molar-refractivity contribution >= 4 is 17.9 Å². The third kappa shape index (κ3) is 4.54. The molecule has 1 heterocycles. The highest BCUT2D eigenvalue weighted by atomic mass is 16.6. The van der Waals surface area contributed by atoms with Gasteiger partial charge in [-0.15, -0.1) is 0 Å². The van der Waals surface area contributed by atoms with E-state index in [9.17, 15) is 9.59 Å². The molecule has 0 atom stereocenters. The Labute approximate surface area is 134 Å². The van der Waals surface area contributed by atoms with E-state index in [4.69, 9.17) is 9.84 Å². The van der Waals surface area contributed by atoms with Crippen LogP contribution in [0, 0.1) is 0 Å². The van der Waals surface area contributed by atoms with Crippen LogP contribution in [0.25, 0.3) is 11.1 Å². The fourth-order valence-electron chi connectivity index (χ4n) is 1.92. The number of amides is 1. The maximum atomic E-state index is 11.9. The molecule has 23 heavy (non-hydrogen) atoms. The number of nitrogens with one attached hydrogen (secondary N) is 1. The first kappa shape index (κ1) is 16.5. The second kappa shape index (κ2) is 6.48. The number of hydrogen-bond donors (Lipinski definition) is 2. The number of carbonyl (C=O) groups excluding carboxylic acids is 1. The summed E-state index contributed by atoms with van der Waals surface area (Å²) in [6, 6.07) is 10.6. The maximum Gasteiger partial charge on any atom is 0.413 e. The third-order valence-electron chi connectivity index (χ3n) is 2.84. The van der Waals surface area contributed by atoms with Crippen LogP contribution in [0.2, 0.25) is 0 Å². The van der Waals surface area contributed by atoms with Gasteiger partial charge in [0.05, 0.1) is 5.56 Å². The molecule has 0 unspecified atom stereocenters. The van der Waals surface area contributed by atoms with E-state index in [-0.39, 0.29) is 11.4 Å². The highest BCUT2D eigenvalue weighted by molar-refractivity contribution is 5.94. The molecule has 0 aliphatic rings. The van der Waals surface area contributed by atoms with Crippen molar-refractivity contribution in [3.05, 3.63) is 48.2 Å². The van der Waals surface area contributed by atoms with Crippen molar-refractivity contribution in [1.82, 2.24) is 4.98 Å². The highest BCUT2D eigenvalue weighted by Gasteiger charge is 2.19. The summed E-state index contributed by atoms with van der Waals surface area (Å²) in [4.78, 5) is 27.1. The number of benzene rings is 1. The molecular weight excluding hydrogens is 296 g/mol. The highest BCUT2D eigenvalue weighted by Crippen LogP contribution is 2.27. The number of aromatic carboxylic acids is 1. The molecule has 1 amide bonds. The van der Waals surface area contributed by atoms with Gasteiger partial charge in [-0.1, -0.05) is 30.3 Å². The number of ether oxygens (including phenoxy) is 1. The van der Waals surface area contributed by atoms with Crippen molar-refractivity contribution in [2.75, 3.05) is 5.32 Å². The van der Waals surface area contributed by atoms with Gasteiger partial charge in [0.25, 0.3) is 0 Å². The van der Waals surface area contributed by atoms with Gasteiger partial charge >= 0.3 is 12.1 Å². The molecule has 1 aromatic carbocycles. The molecule has 0 aliphatic heterocycles. The van der Waals surface area contributed by atoms with Gasteiger partial charge in [-0.3, -0.25) is 5.32 Å². The van der Waals surface area contributed by atoms with Gasteiger partial charge < -0.3 is 9.84 Å². The fraction of sp³-hybridized carbons (Fsp3) is 0.235. The lowest BCUT2D eigenvalue weighted by Crippen LogP contribution is -2.27. The van der Waals surface area contributed by atoms with Gasteiger partial charge in [-0.05, 0) is 32.4 Å². The van der Waals surface area contributed by atoms with Gasteiger partial charge in [0.15, 0.2) is 0 Å². The van der Waals surface area contributed by atoms with Crippen LogP contribution in [0.1, 0.15) is 31.1 Å². The second-order valence-electron chi connectivity index (χ2n) is 5.92. The molecule has 0 spiro atoms. The monoisotopic (exact) mass is 314 g/mol. The number of nitrogens with zero attached hydrogens (tertiary/aromatic N) is 1. The lowest BCUT2D eigenvalue weighted by atomic mass is 10.0. The van der Waals surface area contributed by atoms with Gasteiger partial charge in [0.1, 0.15) is 11.4 Å². The van der Waals surface area contributed by atoms with E-state index in [0.717, 1.165) is 5.56 Å². The van der Waals surface area contributed by atoms with Crippen molar-refractivity contribution in [2.45, 2.75) is 26.4 Å². The minimum atomic E-state index is -1.08. The van der Waals surface area contributed by atoms with Gasteiger partial charge in [0, 0.05) is 11.8 Å². The zero-order valence-corrected chi connectivity index (χ0v) is 13.2. The van der Waals surface area contributed by atoms with Gasteiger partial charge in [-0.25, -0.2) is 14.6 Å². The number of hydrogen-bond acceptors (Lipinski definition) is 4. The van der Waals surface area contributed by atoms with Crippen molar-refractivity contribution in [3.63, 3.8) is 0 Å². The summed E-state index contributed by atoms with van der Waals surface area (Å²) in [6.45, 7) is 5.27. The Kier molecular flexibility index (Phi) is 4.64. The molecule has 0 aliphatic carbocycles. The van der Waals surface area contributed by atoms with E-state index >= 15 is 0 Å². The normalized spacial score (nSPS) is 10.9. The summed E-state index contributed by atoms with van der Waals surface area (Å²) in [5.41, 5.74) is 0.655. The average molecular weight is 314 g/mol. The predicted octanol–water partition coefficient (Wildman–Crippen LogP) is 3.79. The van der Waals surface area contributed by atoms with Crippen molar-refractivity contribution in [3.8, 4) is 11.1 Å². The zero-order valence-electron chi connectivity index (χ0n) is 13.2. The quantitative estimate of drug-likeness (QED) is 0.899. The van der Waals surface area contributed by atoms with E-state index in [1.807, 2.05) is 30.3 Å². The molecule has 0 saturated heterocycles. The Morgan fingerprint density at radius 1 is 1.17 bits per heavy atom. The fourth-order valence-corrected chi connectivity index (χ4v) is 1.92. The standard InChI is InChI=1S/C17H18N2O4/c1-17(2,3)23-16(22)19-14-13(11-7-5-4-6-8-11)9-12(10-18-14)15(20)21/h4-10H,1-3H3,(H,20,21)(H,18,19,22). The molecule has 0 bridgehead atoms. The Hall–Kier alpha value is -2.89. The van der Waals surface area contributed by atoms with E-state index in [2.05, 4.69) is 10.3 Å². The molecule has 2 aromatic rings. The molecule has 0 radical (unpaired) electrons. The van der Waals surface area contributed by atoms with E-state index in [1.165, 1.54) is 12.3 Å². The lowest BCUT2D eigenvalue weighted by molar-refractivity contribution is 0.0634. The van der Waals surface area contributed by atoms with E-state index in [1.54, 1.807) is 20.8 Å². The summed E-state index contributed by atoms with van der Waals surface area (Å²) >= 11 is 0. The van der Waals surface area contributed by atoms with Crippen LogP contribution < -0.4 is 5.32 Å². The first-order valence-electron chi connectivity index (χ1n) is 7.05. The van der Waals surface area contributed by atoms with Crippen molar-refractivity contribution in [1.29, 1.82) is 0 Å². The minimum absolute atomic E-state index is 0.0404. The largest absolute Gasteiger partial charge is 0.478 e. The SMILES string of the molecule is CC(C)(C)OC(=O)Nc1ncc(C(=O)O)cc1-c1ccccc1. The summed E-state index contributed by atoms with van der Waals surface area (Å²) in [6.07, 6.45) is 0.548. The predicted molar refractivity (Wildman–Crippen MR) is 86.5 cm³/mol. The number of carboxylic acids is 1. The first-order valence-corrected chi connectivity index (χ1v) is 7.05. The number of aromatic nitrogens is 1. The van der Waals surface area contributed by atoms with E-state index in [0.29, 0.717) is 5.56 Å². The summed E-state index contributed by atoms with van der Waals surface area (Å²) < 4.78 is 5.20. The zero-order chi connectivity index (χ0) is 17.0. The van der Waals surface area contributed by atoms with Crippen LogP contribution in [-0.4, -0.2) is 27.8 Å². The van der Waals surface area contributed by atoms with Crippen molar-refractivity contribution in [2.24, 2.45) is 0 Å². The number of pyridine rings is 1. The molecule has 0 fully saturated rings. The van der Waals surface area contributed by atoms with Gasteiger partial charge in [-0.2, -0.15) is 0 Å². The molecule has 6 heteroatoms. The van der Waals surface area contributed by atoms with Crippen molar-refractivity contribution < 1.29 is 19.4 Å². The van der Waals surface area contributed by atoms with Crippen LogP contribution in [0.3, 0.4) is 0 Å². The van der Waals surface area contributed by atoms with Gasteiger partial charge in [0.2, 0.25) is 0 Å². The molecule has 2 N–H and O–H groups in total. The molecule has 0 saturated carbocycles. The Morgan fingerprint density at radius 2 is 1.83 bits per heavy atom. The van der Waals surface area contributed by atoms with Crippen LogP contribution in [-0.2, 0) is 4.74 Å². The second-order valence-corrected chi connectivity index (χ2v) is 5.92. The number of carboxylic acid groups (broad SMARTS) is 1. The smallest absolute Gasteiger partial charge is 0.413 e. The van der Waals surface area contributed by atoms with Crippen LogP contribution in [0.5, 0.6) is 0 Å².